The molecule has 0 bridgehead atoms. The Bertz CT molecular complexity index is 786. The zero-order valence-electron chi connectivity index (χ0n) is 11.1. The van der Waals surface area contributed by atoms with E-state index in [1.807, 2.05) is 18.2 Å². The molecule has 3 rings (SSSR count). The lowest BCUT2D eigenvalue weighted by Gasteiger charge is -2.08. The van der Waals surface area contributed by atoms with Gasteiger partial charge in [-0.05, 0) is 23.8 Å². The maximum Gasteiger partial charge on any atom is 0.160 e. The minimum atomic E-state index is 0.523. The summed E-state index contributed by atoms with van der Waals surface area (Å²) in [4.78, 5) is 9.02. The first kappa shape index (κ1) is 14.8. The average molecular weight is 385 g/mol. The molecule has 0 spiro atoms. The van der Waals surface area contributed by atoms with Crippen molar-refractivity contribution in [2.75, 3.05) is 5.88 Å². The second-order valence-corrected chi connectivity index (χ2v) is 6.41. The van der Waals surface area contributed by atoms with Crippen LogP contribution in [0.5, 0.6) is 0 Å². The number of imidazole rings is 1. The number of aromatic nitrogens is 3. The molecule has 0 aliphatic rings. The van der Waals surface area contributed by atoms with E-state index in [1.54, 1.807) is 6.20 Å². The van der Waals surface area contributed by atoms with E-state index < -0.39 is 0 Å². The third-order valence-corrected chi connectivity index (χ3v) is 4.07. The standard InChI is InChI=1S/C15H12BrCl2N3/c16-11-3-1-2-10(6-11)9-21-14(4-5-17)20-13-7-12(18)8-19-15(13)21/h1-3,6-8H,4-5,9H2. The molecule has 0 N–H and O–H groups in total. The van der Waals surface area contributed by atoms with E-state index in [9.17, 15) is 0 Å². The number of halogens is 3. The Morgan fingerprint density at radius 3 is 2.86 bits per heavy atom. The SMILES string of the molecule is ClCCc1nc2cc(Cl)cnc2n1Cc1cccc(Br)c1. The summed E-state index contributed by atoms with van der Waals surface area (Å²) in [5.74, 6) is 1.45. The number of hydrogen-bond donors (Lipinski definition) is 0. The Balaban J connectivity index is 2.08. The highest BCUT2D eigenvalue weighted by Gasteiger charge is 2.12. The van der Waals surface area contributed by atoms with Gasteiger partial charge in [-0.1, -0.05) is 39.7 Å². The minimum Gasteiger partial charge on any atom is -0.308 e. The summed E-state index contributed by atoms with van der Waals surface area (Å²) in [6, 6.07) is 10.0. The van der Waals surface area contributed by atoms with Crippen molar-refractivity contribution in [3.63, 3.8) is 0 Å². The Morgan fingerprint density at radius 1 is 1.24 bits per heavy atom. The molecule has 2 aromatic heterocycles. The maximum atomic E-state index is 5.99. The van der Waals surface area contributed by atoms with Crippen LogP contribution < -0.4 is 0 Å². The molecule has 0 aliphatic heterocycles. The monoisotopic (exact) mass is 383 g/mol. The smallest absolute Gasteiger partial charge is 0.160 e. The van der Waals surface area contributed by atoms with Gasteiger partial charge in [0.1, 0.15) is 11.3 Å². The zero-order valence-corrected chi connectivity index (χ0v) is 14.2. The van der Waals surface area contributed by atoms with Crippen LogP contribution in [-0.2, 0) is 13.0 Å². The summed E-state index contributed by atoms with van der Waals surface area (Å²) in [5, 5.41) is 0.590. The van der Waals surface area contributed by atoms with Crippen molar-refractivity contribution in [1.82, 2.24) is 14.5 Å². The van der Waals surface area contributed by atoms with Crippen molar-refractivity contribution in [2.45, 2.75) is 13.0 Å². The van der Waals surface area contributed by atoms with Crippen LogP contribution in [0, 0.1) is 0 Å². The van der Waals surface area contributed by atoms with Gasteiger partial charge in [0.15, 0.2) is 5.65 Å². The van der Waals surface area contributed by atoms with Crippen LogP contribution >= 0.6 is 39.1 Å². The fourth-order valence-electron chi connectivity index (χ4n) is 2.29. The lowest BCUT2D eigenvalue weighted by Crippen LogP contribution is -2.06. The molecule has 2 heterocycles. The van der Waals surface area contributed by atoms with Crippen LogP contribution in [0.1, 0.15) is 11.4 Å². The van der Waals surface area contributed by atoms with Gasteiger partial charge in [0, 0.05) is 23.0 Å². The van der Waals surface area contributed by atoms with Gasteiger partial charge in [-0.25, -0.2) is 9.97 Å². The first-order valence-electron chi connectivity index (χ1n) is 6.48. The van der Waals surface area contributed by atoms with Crippen molar-refractivity contribution >= 4 is 50.3 Å². The molecule has 21 heavy (non-hydrogen) atoms. The second kappa shape index (κ2) is 6.34. The Labute approximate surface area is 141 Å². The lowest BCUT2D eigenvalue weighted by molar-refractivity contribution is 0.747. The Hall–Kier alpha value is -1.10. The normalized spacial score (nSPS) is 11.2. The molecule has 0 atom stereocenters. The number of fused-ring (bicyclic) bond motifs is 1. The van der Waals surface area contributed by atoms with Crippen LogP contribution in [0.2, 0.25) is 5.02 Å². The number of alkyl halides is 1. The fraction of sp³-hybridized carbons (Fsp3) is 0.200. The molecule has 0 saturated carbocycles. The van der Waals surface area contributed by atoms with Gasteiger partial charge in [0.05, 0.1) is 11.6 Å². The molecular formula is C15H12BrCl2N3. The van der Waals surface area contributed by atoms with Gasteiger partial charge in [0.2, 0.25) is 0 Å². The largest absolute Gasteiger partial charge is 0.308 e. The summed E-state index contributed by atoms with van der Waals surface area (Å²) >= 11 is 15.4. The molecule has 0 fully saturated rings. The van der Waals surface area contributed by atoms with Crippen LogP contribution in [0.25, 0.3) is 11.2 Å². The molecule has 1 aromatic carbocycles. The van der Waals surface area contributed by atoms with Crippen LogP contribution in [0.15, 0.2) is 41.0 Å². The molecule has 3 nitrogen and oxygen atoms in total. The Morgan fingerprint density at radius 2 is 2.10 bits per heavy atom. The van der Waals surface area contributed by atoms with Gasteiger partial charge in [-0.3, -0.25) is 0 Å². The topological polar surface area (TPSA) is 30.7 Å². The van der Waals surface area contributed by atoms with Crippen LogP contribution in [0.3, 0.4) is 0 Å². The van der Waals surface area contributed by atoms with Crippen LogP contribution in [-0.4, -0.2) is 20.4 Å². The molecule has 0 aliphatic carbocycles. The minimum absolute atomic E-state index is 0.523. The number of nitrogens with zero attached hydrogens (tertiary/aromatic N) is 3. The number of aryl methyl sites for hydroxylation is 1. The van der Waals surface area contributed by atoms with Gasteiger partial charge >= 0.3 is 0 Å². The summed E-state index contributed by atoms with van der Waals surface area (Å²) < 4.78 is 3.15. The van der Waals surface area contributed by atoms with Gasteiger partial charge in [-0.2, -0.15) is 0 Å². The van der Waals surface area contributed by atoms with Gasteiger partial charge in [-0.15, -0.1) is 11.6 Å². The quantitative estimate of drug-likeness (QED) is 0.611. The summed E-state index contributed by atoms with van der Waals surface area (Å²) in [6.07, 6.45) is 2.34. The molecular weight excluding hydrogens is 373 g/mol. The number of rotatable bonds is 4. The highest BCUT2D eigenvalue weighted by Crippen LogP contribution is 2.21. The third-order valence-electron chi connectivity index (χ3n) is 3.18. The van der Waals surface area contributed by atoms with E-state index >= 15 is 0 Å². The van der Waals surface area contributed by atoms with E-state index in [4.69, 9.17) is 23.2 Å². The van der Waals surface area contributed by atoms with Gasteiger partial charge < -0.3 is 4.57 Å². The van der Waals surface area contributed by atoms with Crippen molar-refractivity contribution in [3.05, 3.63) is 57.4 Å². The highest BCUT2D eigenvalue weighted by molar-refractivity contribution is 9.10. The van der Waals surface area contributed by atoms with Crippen molar-refractivity contribution in [2.24, 2.45) is 0 Å². The van der Waals surface area contributed by atoms with Crippen molar-refractivity contribution < 1.29 is 0 Å². The molecule has 108 valence electrons. The average Bonchev–Trinajstić information content (AvgIpc) is 2.76. The highest BCUT2D eigenvalue weighted by atomic mass is 79.9. The first-order chi connectivity index (χ1) is 10.2. The van der Waals surface area contributed by atoms with E-state index in [1.165, 1.54) is 5.56 Å². The lowest BCUT2D eigenvalue weighted by atomic mass is 10.2. The molecule has 6 heteroatoms. The third kappa shape index (κ3) is 3.23. The molecule has 3 aromatic rings. The van der Waals surface area contributed by atoms with Gasteiger partial charge in [0.25, 0.3) is 0 Å². The molecule has 0 amide bonds. The van der Waals surface area contributed by atoms with Crippen LogP contribution in [0.4, 0.5) is 0 Å². The number of pyridine rings is 1. The molecule has 0 unspecified atom stereocenters. The second-order valence-electron chi connectivity index (χ2n) is 4.68. The van der Waals surface area contributed by atoms with E-state index in [-0.39, 0.29) is 0 Å². The van der Waals surface area contributed by atoms with E-state index in [2.05, 4.69) is 42.6 Å². The van der Waals surface area contributed by atoms with Crippen molar-refractivity contribution in [3.8, 4) is 0 Å². The fourth-order valence-corrected chi connectivity index (χ4v) is 3.06. The Kier molecular flexibility index (Phi) is 4.48. The first-order valence-corrected chi connectivity index (χ1v) is 8.19. The molecule has 0 saturated heterocycles. The zero-order chi connectivity index (χ0) is 14.8. The van der Waals surface area contributed by atoms with E-state index in [0.717, 1.165) is 21.5 Å². The predicted molar refractivity (Wildman–Crippen MR) is 90.2 cm³/mol. The van der Waals surface area contributed by atoms with E-state index in [0.29, 0.717) is 23.9 Å². The summed E-state index contributed by atoms with van der Waals surface area (Å²) in [6.45, 7) is 0.705. The maximum absolute atomic E-state index is 5.99. The summed E-state index contributed by atoms with van der Waals surface area (Å²) in [5.41, 5.74) is 2.81. The predicted octanol–water partition coefficient (Wildman–Crippen LogP) is 4.68. The van der Waals surface area contributed by atoms with Crippen molar-refractivity contribution in [1.29, 1.82) is 0 Å². The number of benzene rings is 1. The number of hydrogen-bond acceptors (Lipinski definition) is 2. The molecule has 0 radical (unpaired) electrons. The summed E-state index contributed by atoms with van der Waals surface area (Å²) in [7, 11) is 0.